The number of hydrogen-bond donors (Lipinski definition) is 1. The van der Waals surface area contributed by atoms with Gasteiger partial charge in [0, 0.05) is 38.4 Å². The summed E-state index contributed by atoms with van der Waals surface area (Å²) < 4.78 is 1.77. The van der Waals surface area contributed by atoms with E-state index < -0.39 is 0 Å². The normalized spacial score (nSPS) is 20.8. The van der Waals surface area contributed by atoms with E-state index in [0.717, 1.165) is 18.8 Å². The Morgan fingerprint density at radius 3 is 2.89 bits per heavy atom. The lowest BCUT2D eigenvalue weighted by atomic mass is 10.0. The molecule has 1 atom stereocenters. The molecule has 1 aromatic heterocycles. The third kappa shape index (κ3) is 3.78. The minimum absolute atomic E-state index is 0.538. The van der Waals surface area contributed by atoms with Gasteiger partial charge in [0.2, 0.25) is 0 Å². The first kappa shape index (κ1) is 13.5. The highest BCUT2D eigenvalue weighted by Crippen LogP contribution is 2.12. The molecular weight excluding hydrogens is 226 g/mol. The van der Waals surface area contributed by atoms with E-state index in [2.05, 4.69) is 34.4 Å². The van der Waals surface area contributed by atoms with Crippen molar-refractivity contribution < 1.29 is 0 Å². The molecule has 0 bridgehead atoms. The van der Waals surface area contributed by atoms with Gasteiger partial charge in [0.15, 0.2) is 0 Å². The van der Waals surface area contributed by atoms with E-state index >= 15 is 0 Å². The van der Waals surface area contributed by atoms with Crippen LogP contribution in [-0.2, 0) is 13.6 Å². The second-order valence-corrected chi connectivity index (χ2v) is 5.55. The van der Waals surface area contributed by atoms with Crippen LogP contribution in [0.3, 0.4) is 0 Å². The first-order valence-corrected chi connectivity index (χ1v) is 6.98. The van der Waals surface area contributed by atoms with Crippen LogP contribution in [0, 0.1) is 0 Å². The summed E-state index contributed by atoms with van der Waals surface area (Å²) in [5.74, 6) is 0. The van der Waals surface area contributed by atoms with Crippen molar-refractivity contribution in [1.82, 2.24) is 25.2 Å². The van der Waals surface area contributed by atoms with Gasteiger partial charge in [-0.3, -0.25) is 9.58 Å². The van der Waals surface area contributed by atoms with Crippen LogP contribution in [0.5, 0.6) is 0 Å². The Hall–Kier alpha value is -0.940. The summed E-state index contributed by atoms with van der Waals surface area (Å²) in [4.78, 5) is 2.48. The Balaban J connectivity index is 1.90. The van der Waals surface area contributed by atoms with Gasteiger partial charge in [0.05, 0.1) is 5.69 Å². The molecule has 1 saturated heterocycles. The van der Waals surface area contributed by atoms with Gasteiger partial charge >= 0.3 is 0 Å². The molecule has 0 saturated carbocycles. The fourth-order valence-electron chi connectivity index (χ4n) is 2.50. The number of hydrogen-bond acceptors (Lipinski definition) is 4. The second-order valence-electron chi connectivity index (χ2n) is 5.55. The van der Waals surface area contributed by atoms with Crippen molar-refractivity contribution in [3.05, 3.63) is 11.9 Å². The number of aryl methyl sites for hydroxylation is 1. The molecule has 102 valence electrons. The summed E-state index contributed by atoms with van der Waals surface area (Å²) in [6, 6.07) is 1.17. The van der Waals surface area contributed by atoms with Gasteiger partial charge in [0.25, 0.3) is 0 Å². The number of aromatic nitrogens is 3. The molecule has 1 aromatic rings. The Kier molecular flexibility index (Phi) is 4.72. The van der Waals surface area contributed by atoms with E-state index in [4.69, 9.17) is 0 Å². The zero-order chi connectivity index (χ0) is 13.0. The third-order valence-electron chi connectivity index (χ3n) is 3.61. The Labute approximate surface area is 110 Å². The lowest BCUT2D eigenvalue weighted by molar-refractivity contribution is 0.175. The largest absolute Gasteiger partial charge is 0.313 e. The maximum Gasteiger partial charge on any atom is 0.0967 e. The topological polar surface area (TPSA) is 46.0 Å². The summed E-state index contributed by atoms with van der Waals surface area (Å²) in [6.45, 7) is 7.66. The molecule has 2 heterocycles. The number of rotatable bonds is 5. The van der Waals surface area contributed by atoms with Gasteiger partial charge in [-0.25, -0.2) is 0 Å². The number of nitrogens with zero attached hydrogens (tertiary/aromatic N) is 4. The Morgan fingerprint density at radius 1 is 1.50 bits per heavy atom. The van der Waals surface area contributed by atoms with Crippen molar-refractivity contribution in [3.8, 4) is 0 Å². The van der Waals surface area contributed by atoms with Crippen molar-refractivity contribution in [1.29, 1.82) is 0 Å². The summed E-state index contributed by atoms with van der Waals surface area (Å²) >= 11 is 0. The maximum absolute atomic E-state index is 4.18. The van der Waals surface area contributed by atoms with Crippen LogP contribution in [0.2, 0.25) is 0 Å². The highest BCUT2D eigenvalue weighted by molar-refractivity contribution is 4.93. The highest BCUT2D eigenvalue weighted by Gasteiger charge is 2.19. The van der Waals surface area contributed by atoms with Gasteiger partial charge in [-0.15, -0.1) is 5.10 Å². The highest BCUT2D eigenvalue weighted by atomic mass is 15.4. The van der Waals surface area contributed by atoms with E-state index in [9.17, 15) is 0 Å². The number of piperidine rings is 1. The summed E-state index contributed by atoms with van der Waals surface area (Å²) in [5.41, 5.74) is 1.06. The number of nitrogens with one attached hydrogen (secondary N) is 1. The van der Waals surface area contributed by atoms with E-state index in [1.165, 1.54) is 25.8 Å². The fraction of sp³-hybridized carbons (Fsp3) is 0.846. The average molecular weight is 251 g/mol. The van der Waals surface area contributed by atoms with Gasteiger partial charge in [0.1, 0.15) is 0 Å². The SMILES string of the molecule is CC(C)N(Cc1cn(C)nn1)CC1CCCCN1. The van der Waals surface area contributed by atoms with Crippen molar-refractivity contribution >= 4 is 0 Å². The molecule has 2 rings (SSSR count). The van der Waals surface area contributed by atoms with Crippen molar-refractivity contribution in [3.63, 3.8) is 0 Å². The summed E-state index contributed by atoms with van der Waals surface area (Å²) in [7, 11) is 1.92. The lowest BCUT2D eigenvalue weighted by Crippen LogP contribution is -2.45. The van der Waals surface area contributed by atoms with Crippen LogP contribution >= 0.6 is 0 Å². The maximum atomic E-state index is 4.18. The quantitative estimate of drug-likeness (QED) is 0.853. The minimum atomic E-state index is 0.538. The van der Waals surface area contributed by atoms with E-state index in [-0.39, 0.29) is 0 Å². The van der Waals surface area contributed by atoms with Gasteiger partial charge in [-0.2, -0.15) is 0 Å². The molecule has 0 spiro atoms. The smallest absolute Gasteiger partial charge is 0.0967 e. The molecule has 1 unspecified atom stereocenters. The molecular formula is C13H25N5. The van der Waals surface area contributed by atoms with Gasteiger partial charge < -0.3 is 5.32 Å². The van der Waals surface area contributed by atoms with Crippen molar-refractivity contribution in [2.75, 3.05) is 13.1 Å². The molecule has 1 fully saturated rings. The standard InChI is InChI=1S/C13H25N5/c1-11(2)18(9-12-6-4-5-7-14-12)10-13-8-17(3)16-15-13/h8,11-12,14H,4-7,9-10H2,1-3H3. The molecule has 0 radical (unpaired) electrons. The van der Waals surface area contributed by atoms with Crippen LogP contribution < -0.4 is 5.32 Å². The summed E-state index contributed by atoms with van der Waals surface area (Å²) in [6.07, 6.45) is 5.98. The molecule has 0 aromatic carbocycles. The van der Waals surface area contributed by atoms with Crippen LogP contribution in [0.4, 0.5) is 0 Å². The van der Waals surface area contributed by atoms with Gasteiger partial charge in [-0.1, -0.05) is 11.6 Å². The van der Waals surface area contributed by atoms with Crippen molar-refractivity contribution in [2.24, 2.45) is 7.05 Å². The van der Waals surface area contributed by atoms with E-state index in [0.29, 0.717) is 12.1 Å². The van der Waals surface area contributed by atoms with Gasteiger partial charge in [-0.05, 0) is 33.2 Å². The predicted molar refractivity (Wildman–Crippen MR) is 72.2 cm³/mol. The van der Waals surface area contributed by atoms with Crippen LogP contribution in [0.15, 0.2) is 6.20 Å². The molecule has 0 aliphatic carbocycles. The fourth-order valence-corrected chi connectivity index (χ4v) is 2.50. The van der Waals surface area contributed by atoms with Crippen LogP contribution in [-0.4, -0.2) is 45.1 Å². The predicted octanol–water partition coefficient (Wildman–Crippen LogP) is 1.17. The van der Waals surface area contributed by atoms with E-state index in [1.54, 1.807) is 4.68 Å². The summed E-state index contributed by atoms with van der Waals surface area (Å²) in [5, 5.41) is 11.8. The second kappa shape index (κ2) is 6.29. The molecule has 5 heteroatoms. The van der Waals surface area contributed by atoms with Crippen LogP contribution in [0.25, 0.3) is 0 Å². The van der Waals surface area contributed by atoms with Crippen molar-refractivity contribution in [2.45, 2.75) is 51.7 Å². The molecule has 1 aliphatic heterocycles. The first-order chi connectivity index (χ1) is 8.65. The minimum Gasteiger partial charge on any atom is -0.313 e. The zero-order valence-corrected chi connectivity index (χ0v) is 11.8. The Bertz CT molecular complexity index is 354. The molecule has 5 nitrogen and oxygen atoms in total. The monoisotopic (exact) mass is 251 g/mol. The molecule has 1 N–H and O–H groups in total. The molecule has 0 amide bonds. The molecule has 18 heavy (non-hydrogen) atoms. The zero-order valence-electron chi connectivity index (χ0n) is 11.8. The first-order valence-electron chi connectivity index (χ1n) is 6.98. The average Bonchev–Trinajstić information content (AvgIpc) is 2.75. The third-order valence-corrected chi connectivity index (χ3v) is 3.61. The Morgan fingerprint density at radius 2 is 2.33 bits per heavy atom. The van der Waals surface area contributed by atoms with E-state index in [1.807, 2.05) is 13.2 Å². The molecule has 1 aliphatic rings. The lowest BCUT2D eigenvalue weighted by Gasteiger charge is -2.32. The van der Waals surface area contributed by atoms with Crippen LogP contribution in [0.1, 0.15) is 38.8 Å².